The molecule has 0 radical (unpaired) electrons. The maximum Gasteiger partial charge on any atom is 0.0375 e. The first kappa shape index (κ1) is 12.2. The van der Waals surface area contributed by atoms with E-state index in [1.807, 2.05) is 0 Å². The van der Waals surface area contributed by atoms with Gasteiger partial charge >= 0.3 is 0 Å². The Morgan fingerprint density at radius 2 is 2.29 bits per heavy atom. The zero-order valence-corrected chi connectivity index (χ0v) is 10.8. The van der Waals surface area contributed by atoms with Gasteiger partial charge < -0.3 is 5.32 Å². The molecule has 17 heavy (non-hydrogen) atoms. The van der Waals surface area contributed by atoms with Crippen LogP contribution in [0.4, 0.5) is 5.69 Å². The van der Waals surface area contributed by atoms with E-state index in [9.17, 15) is 0 Å². The van der Waals surface area contributed by atoms with Crippen molar-refractivity contribution in [2.24, 2.45) is 5.92 Å². The van der Waals surface area contributed by atoms with E-state index in [1.54, 1.807) is 0 Å². The minimum atomic E-state index is 0.578. The van der Waals surface area contributed by atoms with Crippen molar-refractivity contribution in [3.05, 3.63) is 42.5 Å². The van der Waals surface area contributed by atoms with Crippen molar-refractivity contribution in [2.45, 2.75) is 45.1 Å². The predicted octanol–water partition coefficient (Wildman–Crippen LogP) is 4.41. The lowest BCUT2D eigenvalue weighted by atomic mass is 9.86. The number of rotatable bonds is 5. The second kappa shape index (κ2) is 5.90. The molecule has 1 aliphatic heterocycles. The van der Waals surface area contributed by atoms with Crippen LogP contribution in [0, 0.1) is 5.92 Å². The maximum absolute atomic E-state index is 4.01. The van der Waals surface area contributed by atoms with Crippen LogP contribution in [0.1, 0.15) is 38.2 Å². The minimum absolute atomic E-state index is 0.578. The Morgan fingerprint density at radius 3 is 3.06 bits per heavy atom. The topological polar surface area (TPSA) is 12.0 Å². The van der Waals surface area contributed by atoms with E-state index in [1.165, 1.54) is 43.4 Å². The average Bonchev–Trinajstić information content (AvgIpc) is 2.39. The minimum Gasteiger partial charge on any atom is -0.381 e. The maximum atomic E-state index is 4.01. The van der Waals surface area contributed by atoms with Crippen molar-refractivity contribution in [1.29, 1.82) is 0 Å². The van der Waals surface area contributed by atoms with E-state index in [2.05, 4.69) is 49.2 Å². The molecule has 0 bridgehead atoms. The molecule has 0 fully saturated rings. The van der Waals surface area contributed by atoms with Gasteiger partial charge in [-0.3, -0.25) is 0 Å². The Hall–Kier alpha value is -1.24. The summed E-state index contributed by atoms with van der Waals surface area (Å²) >= 11 is 0. The molecular weight excluding hydrogens is 206 g/mol. The molecule has 0 spiro atoms. The number of nitrogens with one attached hydrogen (secondary N) is 1. The van der Waals surface area contributed by atoms with Crippen LogP contribution in [0.25, 0.3) is 0 Å². The molecule has 0 amide bonds. The van der Waals surface area contributed by atoms with E-state index >= 15 is 0 Å². The van der Waals surface area contributed by atoms with Gasteiger partial charge in [0.15, 0.2) is 0 Å². The number of unbranched alkanes of at least 4 members (excludes halogenated alkanes) is 1. The van der Waals surface area contributed by atoms with Gasteiger partial charge in [0, 0.05) is 11.7 Å². The Kier molecular flexibility index (Phi) is 4.24. The molecule has 1 heteroatoms. The number of aryl methyl sites for hydroxylation is 1. The summed E-state index contributed by atoms with van der Waals surface area (Å²) in [5, 5.41) is 3.69. The van der Waals surface area contributed by atoms with Crippen molar-refractivity contribution >= 4 is 5.69 Å². The van der Waals surface area contributed by atoms with E-state index in [4.69, 9.17) is 0 Å². The summed E-state index contributed by atoms with van der Waals surface area (Å²) in [6.07, 6.45) is 8.41. The van der Waals surface area contributed by atoms with Gasteiger partial charge in [-0.2, -0.15) is 0 Å². The quantitative estimate of drug-likeness (QED) is 0.738. The van der Waals surface area contributed by atoms with Gasteiger partial charge in [-0.1, -0.05) is 44.0 Å². The molecule has 0 aliphatic carbocycles. The number of para-hydroxylation sites is 1. The number of benzene rings is 1. The average molecular weight is 229 g/mol. The van der Waals surface area contributed by atoms with Gasteiger partial charge in [0.25, 0.3) is 0 Å². The fourth-order valence-corrected chi connectivity index (χ4v) is 2.71. The first-order valence-electron chi connectivity index (χ1n) is 6.82. The third kappa shape index (κ3) is 2.91. The van der Waals surface area contributed by atoms with E-state index in [-0.39, 0.29) is 0 Å². The highest BCUT2D eigenvalue weighted by atomic mass is 14.9. The predicted molar refractivity (Wildman–Crippen MR) is 75.4 cm³/mol. The van der Waals surface area contributed by atoms with Crippen LogP contribution in [0.2, 0.25) is 0 Å². The molecule has 1 aromatic carbocycles. The lowest BCUT2D eigenvalue weighted by Gasteiger charge is -2.32. The second-order valence-corrected chi connectivity index (χ2v) is 4.99. The standard InChI is InChI=1S/C16H23N/c1-3-5-8-13(4-2)16-12-11-14-9-6-7-10-15(14)17-16/h4,6-7,9-10,13,16-17H,2-3,5,8,11-12H2,1H3. The largest absolute Gasteiger partial charge is 0.381 e. The van der Waals surface area contributed by atoms with Crippen LogP contribution >= 0.6 is 0 Å². The highest BCUT2D eigenvalue weighted by Gasteiger charge is 2.22. The molecule has 0 saturated carbocycles. The lowest BCUT2D eigenvalue weighted by Crippen LogP contribution is -2.32. The van der Waals surface area contributed by atoms with Crippen LogP contribution in [0.15, 0.2) is 36.9 Å². The second-order valence-electron chi connectivity index (χ2n) is 4.99. The van der Waals surface area contributed by atoms with Crippen molar-refractivity contribution in [3.63, 3.8) is 0 Å². The van der Waals surface area contributed by atoms with Gasteiger partial charge in [0.2, 0.25) is 0 Å². The molecule has 1 aliphatic rings. The molecule has 1 heterocycles. The number of hydrogen-bond donors (Lipinski definition) is 1. The molecule has 2 atom stereocenters. The first-order valence-corrected chi connectivity index (χ1v) is 6.82. The molecule has 2 rings (SSSR count). The van der Waals surface area contributed by atoms with Crippen LogP contribution in [0.3, 0.4) is 0 Å². The van der Waals surface area contributed by atoms with E-state index in [0.717, 1.165) is 0 Å². The molecular formula is C16H23N. The fraction of sp³-hybridized carbons (Fsp3) is 0.500. The normalized spacial score (nSPS) is 20.2. The van der Waals surface area contributed by atoms with Crippen molar-refractivity contribution < 1.29 is 0 Å². The third-order valence-corrected chi connectivity index (χ3v) is 3.79. The number of fused-ring (bicyclic) bond motifs is 1. The molecule has 1 N–H and O–H groups in total. The van der Waals surface area contributed by atoms with Gasteiger partial charge in [0.05, 0.1) is 0 Å². The highest BCUT2D eigenvalue weighted by molar-refractivity contribution is 5.53. The third-order valence-electron chi connectivity index (χ3n) is 3.79. The lowest BCUT2D eigenvalue weighted by molar-refractivity contribution is 0.448. The summed E-state index contributed by atoms with van der Waals surface area (Å²) in [6, 6.07) is 9.25. The Labute approximate surface area is 105 Å². The number of hydrogen-bond acceptors (Lipinski definition) is 1. The fourth-order valence-electron chi connectivity index (χ4n) is 2.71. The monoisotopic (exact) mass is 229 g/mol. The van der Waals surface area contributed by atoms with Crippen molar-refractivity contribution in [1.82, 2.24) is 0 Å². The number of anilines is 1. The Balaban J connectivity index is 2.02. The van der Waals surface area contributed by atoms with Gasteiger partial charge in [0.1, 0.15) is 0 Å². The van der Waals surface area contributed by atoms with Crippen LogP contribution in [-0.4, -0.2) is 6.04 Å². The van der Waals surface area contributed by atoms with Crippen molar-refractivity contribution in [3.8, 4) is 0 Å². The van der Waals surface area contributed by atoms with Crippen LogP contribution < -0.4 is 5.32 Å². The molecule has 92 valence electrons. The Morgan fingerprint density at radius 1 is 1.47 bits per heavy atom. The molecule has 0 saturated heterocycles. The first-order chi connectivity index (χ1) is 8.35. The summed E-state index contributed by atoms with van der Waals surface area (Å²) in [6.45, 7) is 6.26. The summed E-state index contributed by atoms with van der Waals surface area (Å²) in [4.78, 5) is 0. The highest BCUT2D eigenvalue weighted by Crippen LogP contribution is 2.29. The summed E-state index contributed by atoms with van der Waals surface area (Å²) in [5.74, 6) is 0.614. The van der Waals surface area contributed by atoms with E-state index in [0.29, 0.717) is 12.0 Å². The summed E-state index contributed by atoms with van der Waals surface area (Å²) < 4.78 is 0. The van der Waals surface area contributed by atoms with Gasteiger partial charge in [-0.15, -0.1) is 6.58 Å². The van der Waals surface area contributed by atoms with Gasteiger partial charge in [-0.05, 0) is 36.8 Å². The van der Waals surface area contributed by atoms with Crippen molar-refractivity contribution in [2.75, 3.05) is 5.32 Å². The van der Waals surface area contributed by atoms with Crippen LogP contribution in [-0.2, 0) is 6.42 Å². The smallest absolute Gasteiger partial charge is 0.0375 e. The molecule has 1 nitrogen and oxygen atoms in total. The zero-order chi connectivity index (χ0) is 12.1. The molecule has 0 aromatic heterocycles. The summed E-state index contributed by atoms with van der Waals surface area (Å²) in [5.41, 5.74) is 2.79. The van der Waals surface area contributed by atoms with Crippen LogP contribution in [0.5, 0.6) is 0 Å². The zero-order valence-electron chi connectivity index (χ0n) is 10.8. The molecule has 2 unspecified atom stereocenters. The van der Waals surface area contributed by atoms with Gasteiger partial charge in [-0.25, -0.2) is 0 Å². The Bertz CT molecular complexity index is 370. The molecule has 1 aromatic rings. The summed E-state index contributed by atoms with van der Waals surface area (Å²) in [7, 11) is 0. The SMILES string of the molecule is C=CC(CCCC)C1CCc2ccccc2N1. The van der Waals surface area contributed by atoms with E-state index < -0.39 is 0 Å².